The molecule has 1 aromatic heterocycles. The molecule has 5 nitrogen and oxygen atoms in total. The van der Waals surface area contributed by atoms with Gasteiger partial charge in [0.25, 0.3) is 5.56 Å². The fourth-order valence-electron chi connectivity index (χ4n) is 3.58. The predicted molar refractivity (Wildman–Crippen MR) is 86.8 cm³/mol. The highest BCUT2D eigenvalue weighted by Gasteiger charge is 2.44. The third kappa shape index (κ3) is 2.06. The van der Waals surface area contributed by atoms with Crippen LogP contribution < -0.4 is 5.56 Å². The minimum Gasteiger partial charge on any atom is -0.299 e. The second-order valence-corrected chi connectivity index (χ2v) is 6.79. The average molecular weight is 378 g/mol. The maximum atomic E-state index is 13.6. The number of aryl methyl sites for hydroxylation is 1. The van der Waals surface area contributed by atoms with Crippen molar-refractivity contribution in [2.45, 2.75) is 18.8 Å². The summed E-state index contributed by atoms with van der Waals surface area (Å²) in [5.74, 6) is -0.583. The molecule has 0 saturated heterocycles. The van der Waals surface area contributed by atoms with Gasteiger partial charge in [0.05, 0.1) is 16.0 Å². The Balaban J connectivity index is 1.99. The zero-order chi connectivity index (χ0) is 16.3. The molecule has 2 aromatic rings. The quantitative estimate of drug-likeness (QED) is 0.829. The second-order valence-electron chi connectivity index (χ2n) is 5.94. The number of H-pyrrole nitrogens is 1. The van der Waals surface area contributed by atoms with E-state index in [1.807, 2.05) is 0 Å². The molecule has 0 spiro atoms. The summed E-state index contributed by atoms with van der Waals surface area (Å²) in [5.41, 5.74) is 1.77. The highest BCUT2D eigenvalue weighted by Crippen LogP contribution is 2.45. The Hall–Kier alpha value is -2.02. The van der Waals surface area contributed by atoms with Gasteiger partial charge < -0.3 is 0 Å². The maximum Gasteiger partial charge on any atom is 0.270 e. The van der Waals surface area contributed by atoms with E-state index >= 15 is 0 Å². The van der Waals surface area contributed by atoms with Gasteiger partial charge in [0.1, 0.15) is 11.6 Å². The van der Waals surface area contributed by atoms with Crippen LogP contribution in [0, 0.1) is 11.7 Å². The number of nitrogens with zero attached hydrogens (tertiary/aromatic N) is 2. The molecular weight excluding hydrogens is 365 g/mol. The van der Waals surface area contributed by atoms with E-state index < -0.39 is 11.8 Å². The van der Waals surface area contributed by atoms with Gasteiger partial charge in [0.15, 0.2) is 5.82 Å². The molecular formula is C16H13BrFN3O2. The molecule has 0 radical (unpaired) electrons. The van der Waals surface area contributed by atoms with Crippen LogP contribution in [0.4, 0.5) is 10.2 Å². The molecule has 1 aliphatic heterocycles. The Kier molecular flexibility index (Phi) is 3.16. The third-order valence-electron chi connectivity index (χ3n) is 4.60. The van der Waals surface area contributed by atoms with Gasteiger partial charge >= 0.3 is 0 Å². The summed E-state index contributed by atoms with van der Waals surface area (Å²) in [6.07, 6.45) is 1.05. The van der Waals surface area contributed by atoms with E-state index in [9.17, 15) is 14.0 Å². The van der Waals surface area contributed by atoms with E-state index in [0.717, 1.165) is 11.3 Å². The number of halogens is 2. The second kappa shape index (κ2) is 4.99. The number of Topliss-reactive ketones (excluding diaryl/α,β-unsaturated/α-hetero) is 1. The van der Waals surface area contributed by atoms with E-state index in [1.165, 1.54) is 6.07 Å². The molecule has 4 rings (SSSR count). The SMILES string of the molecule is Cn1[nH]c(=O)c2c1N=C1CCC(=O)C1C2c1ccc(F)c(Br)c1. The number of hydrogen-bond acceptors (Lipinski definition) is 3. The summed E-state index contributed by atoms with van der Waals surface area (Å²) in [6, 6.07) is 4.63. The van der Waals surface area contributed by atoms with Crippen molar-refractivity contribution in [3.8, 4) is 0 Å². The Bertz CT molecular complexity index is 928. The van der Waals surface area contributed by atoms with Crippen molar-refractivity contribution >= 4 is 33.2 Å². The normalized spacial score (nSPS) is 22.7. The molecule has 2 unspecified atom stereocenters. The van der Waals surface area contributed by atoms with Gasteiger partial charge in [0, 0.05) is 25.1 Å². The van der Waals surface area contributed by atoms with E-state index in [0.29, 0.717) is 28.7 Å². The van der Waals surface area contributed by atoms with Gasteiger partial charge in [-0.25, -0.2) is 9.38 Å². The molecule has 1 N–H and O–H groups in total. The molecule has 0 bridgehead atoms. The monoisotopic (exact) mass is 377 g/mol. The largest absolute Gasteiger partial charge is 0.299 e. The molecule has 1 fully saturated rings. The van der Waals surface area contributed by atoms with Crippen LogP contribution in [0.2, 0.25) is 0 Å². The molecule has 1 aromatic carbocycles. The number of rotatable bonds is 1. The van der Waals surface area contributed by atoms with Gasteiger partial charge in [-0.1, -0.05) is 6.07 Å². The van der Waals surface area contributed by atoms with Gasteiger partial charge in [-0.05, 0) is 40.0 Å². The van der Waals surface area contributed by atoms with Gasteiger partial charge in [-0.3, -0.25) is 19.4 Å². The minimum atomic E-state index is -0.427. The molecule has 7 heteroatoms. The van der Waals surface area contributed by atoms with Crippen molar-refractivity contribution < 1.29 is 9.18 Å². The maximum absolute atomic E-state index is 13.6. The van der Waals surface area contributed by atoms with Crippen molar-refractivity contribution in [3.63, 3.8) is 0 Å². The molecule has 2 atom stereocenters. The number of carbonyl (C=O) groups excluding carboxylic acids is 1. The van der Waals surface area contributed by atoms with Gasteiger partial charge in [-0.2, -0.15) is 0 Å². The summed E-state index contributed by atoms with van der Waals surface area (Å²) in [7, 11) is 1.72. The number of fused-ring (bicyclic) bond motifs is 2. The Morgan fingerprint density at radius 3 is 2.83 bits per heavy atom. The van der Waals surface area contributed by atoms with Crippen LogP contribution in [0.5, 0.6) is 0 Å². The Morgan fingerprint density at radius 2 is 2.09 bits per heavy atom. The van der Waals surface area contributed by atoms with Crippen molar-refractivity contribution in [3.05, 3.63) is 50.0 Å². The first-order chi connectivity index (χ1) is 11.0. The molecule has 23 heavy (non-hydrogen) atoms. The number of nitrogens with one attached hydrogen (secondary N) is 1. The van der Waals surface area contributed by atoms with Crippen LogP contribution in [0.1, 0.15) is 29.9 Å². The standard InChI is InChI=1S/C16H13BrFN3O2/c1-21-15-14(16(23)20-21)12(7-2-3-9(18)8(17)6-7)13-10(19-15)4-5-11(13)22/h2-3,6,12-13H,4-5H2,1H3,(H,20,23). The van der Waals surface area contributed by atoms with Crippen LogP contribution in [0.15, 0.2) is 32.5 Å². The number of benzene rings is 1. The summed E-state index contributed by atoms with van der Waals surface area (Å²) in [6.45, 7) is 0. The average Bonchev–Trinajstić information content (AvgIpc) is 3.02. The van der Waals surface area contributed by atoms with Crippen molar-refractivity contribution in [2.75, 3.05) is 0 Å². The Morgan fingerprint density at radius 1 is 1.30 bits per heavy atom. The topological polar surface area (TPSA) is 67.2 Å². The van der Waals surface area contributed by atoms with E-state index in [2.05, 4.69) is 26.0 Å². The highest BCUT2D eigenvalue weighted by atomic mass is 79.9. The highest BCUT2D eigenvalue weighted by molar-refractivity contribution is 9.10. The smallest absolute Gasteiger partial charge is 0.270 e. The lowest BCUT2D eigenvalue weighted by atomic mass is 9.77. The summed E-state index contributed by atoms with van der Waals surface area (Å²) < 4.78 is 15.5. The third-order valence-corrected chi connectivity index (χ3v) is 5.21. The number of aromatic nitrogens is 2. The summed E-state index contributed by atoms with van der Waals surface area (Å²) >= 11 is 3.18. The first-order valence-corrected chi connectivity index (χ1v) is 8.10. The number of hydrogen-bond donors (Lipinski definition) is 1. The Labute approximate surface area is 139 Å². The zero-order valence-electron chi connectivity index (χ0n) is 12.3. The number of ketones is 1. The number of aromatic amines is 1. The zero-order valence-corrected chi connectivity index (χ0v) is 13.9. The van der Waals surface area contributed by atoms with Crippen LogP contribution in [-0.4, -0.2) is 21.3 Å². The summed E-state index contributed by atoms with van der Waals surface area (Å²) in [4.78, 5) is 29.3. The summed E-state index contributed by atoms with van der Waals surface area (Å²) in [5, 5.41) is 2.70. The molecule has 1 saturated carbocycles. The lowest BCUT2D eigenvalue weighted by molar-refractivity contribution is -0.120. The van der Waals surface area contributed by atoms with E-state index in [1.54, 1.807) is 23.9 Å². The fraction of sp³-hybridized carbons (Fsp3) is 0.312. The van der Waals surface area contributed by atoms with Crippen molar-refractivity contribution in [1.82, 2.24) is 9.78 Å². The van der Waals surface area contributed by atoms with Gasteiger partial charge in [-0.15, -0.1) is 0 Å². The van der Waals surface area contributed by atoms with Crippen LogP contribution in [0.25, 0.3) is 0 Å². The molecule has 118 valence electrons. The molecule has 2 heterocycles. The van der Waals surface area contributed by atoms with Crippen LogP contribution in [0.3, 0.4) is 0 Å². The van der Waals surface area contributed by atoms with E-state index in [-0.39, 0.29) is 17.2 Å². The van der Waals surface area contributed by atoms with Crippen molar-refractivity contribution in [1.29, 1.82) is 0 Å². The van der Waals surface area contributed by atoms with Gasteiger partial charge in [0.2, 0.25) is 0 Å². The lowest BCUT2D eigenvalue weighted by Crippen LogP contribution is -2.30. The predicted octanol–water partition coefficient (Wildman–Crippen LogP) is 2.81. The van der Waals surface area contributed by atoms with E-state index in [4.69, 9.17) is 0 Å². The van der Waals surface area contributed by atoms with Crippen molar-refractivity contribution in [2.24, 2.45) is 18.0 Å². The van der Waals surface area contributed by atoms with Crippen LogP contribution >= 0.6 is 15.9 Å². The molecule has 0 amide bonds. The molecule has 2 aliphatic rings. The fourth-order valence-corrected chi connectivity index (χ4v) is 3.98. The first-order valence-electron chi connectivity index (χ1n) is 7.31. The minimum absolute atomic E-state index is 0.0862. The number of aliphatic imine (C=N–C) groups is 1. The number of carbonyl (C=O) groups is 1. The molecule has 1 aliphatic carbocycles. The first kappa shape index (κ1) is 14.6. The lowest BCUT2D eigenvalue weighted by Gasteiger charge is -2.26. The van der Waals surface area contributed by atoms with Crippen LogP contribution in [-0.2, 0) is 11.8 Å².